The number of carbonyl (C=O) groups is 1. The summed E-state index contributed by atoms with van der Waals surface area (Å²) in [7, 11) is 0. The first kappa shape index (κ1) is 13.3. The Hall–Kier alpha value is -2.16. The van der Waals surface area contributed by atoms with E-state index in [1.807, 2.05) is 30.3 Å². The topological polar surface area (TPSA) is 42.0 Å². The van der Waals surface area contributed by atoms with Gasteiger partial charge < -0.3 is 5.32 Å². The van der Waals surface area contributed by atoms with E-state index in [9.17, 15) is 4.79 Å². The van der Waals surface area contributed by atoms with Gasteiger partial charge in [-0.25, -0.2) is 0 Å². The van der Waals surface area contributed by atoms with Gasteiger partial charge in [0.05, 0.1) is 0 Å². The second kappa shape index (κ2) is 7.31. The third-order valence-corrected chi connectivity index (χ3v) is 2.80. The summed E-state index contributed by atoms with van der Waals surface area (Å²) in [6.45, 7) is 0.522. The van der Waals surface area contributed by atoms with Crippen LogP contribution in [0.2, 0.25) is 0 Å². The Morgan fingerprint density at radius 1 is 1.11 bits per heavy atom. The van der Waals surface area contributed by atoms with Gasteiger partial charge in [0, 0.05) is 25.4 Å². The second-order valence-electron chi connectivity index (χ2n) is 4.31. The van der Waals surface area contributed by atoms with Gasteiger partial charge in [0.1, 0.15) is 0 Å². The van der Waals surface area contributed by atoms with E-state index in [1.165, 1.54) is 5.56 Å². The number of hydrogen-bond acceptors (Lipinski definition) is 2. The average molecular weight is 253 g/mol. The number of carbonyl (C=O) groups excluding carboxylic acids is 1. The van der Waals surface area contributed by atoms with E-state index in [0.717, 1.165) is 18.4 Å². The van der Waals surface area contributed by atoms with Gasteiger partial charge in [0.2, 0.25) is 5.91 Å². The zero-order valence-electron chi connectivity index (χ0n) is 10.8. The third-order valence-electron chi connectivity index (χ3n) is 2.80. The van der Waals surface area contributed by atoms with E-state index in [2.05, 4.69) is 22.4 Å². The molecule has 0 aliphatic heterocycles. The summed E-state index contributed by atoms with van der Waals surface area (Å²) < 4.78 is 0. The van der Waals surface area contributed by atoms with E-state index in [0.29, 0.717) is 6.54 Å². The molecule has 1 amide bonds. The minimum atomic E-state index is -0.0280. The van der Waals surface area contributed by atoms with Crippen molar-refractivity contribution in [1.29, 1.82) is 0 Å². The fraction of sp³-hybridized carbons (Fsp3) is 0.188. The summed E-state index contributed by atoms with van der Waals surface area (Å²) in [6, 6.07) is 14.0. The number of aromatic nitrogens is 1. The van der Waals surface area contributed by atoms with Crippen molar-refractivity contribution in [2.45, 2.75) is 19.4 Å². The molecular weight excluding hydrogens is 236 g/mol. The second-order valence-corrected chi connectivity index (χ2v) is 4.31. The summed E-state index contributed by atoms with van der Waals surface area (Å²) in [6.07, 6.45) is 6.81. The molecule has 97 valence electrons. The van der Waals surface area contributed by atoms with Crippen molar-refractivity contribution < 1.29 is 4.79 Å². The normalized spacial score (nSPS) is 10.1. The lowest BCUT2D eigenvalue weighted by atomic mass is 10.1. The minimum absolute atomic E-state index is 0.0280. The number of benzene rings is 1. The lowest BCUT2D eigenvalue weighted by molar-refractivity contribution is -0.118. The number of amides is 1. The summed E-state index contributed by atoms with van der Waals surface area (Å²) in [5.41, 5.74) is 2.26. The Labute approximate surface area is 113 Å². The minimum Gasteiger partial charge on any atom is -0.352 e. The van der Waals surface area contributed by atoms with Gasteiger partial charge in [-0.2, -0.15) is 0 Å². The van der Waals surface area contributed by atoms with E-state index >= 15 is 0 Å². The predicted octanol–water partition coefficient (Wildman–Crippen LogP) is 2.53. The van der Waals surface area contributed by atoms with Crippen LogP contribution >= 0.6 is 0 Å². The Morgan fingerprint density at radius 3 is 2.63 bits per heavy atom. The molecule has 0 fully saturated rings. The van der Waals surface area contributed by atoms with Crippen molar-refractivity contribution in [3.05, 3.63) is 72.4 Å². The van der Waals surface area contributed by atoms with Crippen molar-refractivity contribution in [2.75, 3.05) is 0 Å². The molecule has 1 heterocycles. The first-order chi connectivity index (χ1) is 9.34. The van der Waals surface area contributed by atoms with E-state index in [1.54, 1.807) is 18.8 Å². The monoisotopic (exact) mass is 253 g/mol. The van der Waals surface area contributed by atoms with Crippen molar-refractivity contribution in [2.24, 2.45) is 0 Å². The molecule has 1 aromatic carbocycles. The van der Waals surface area contributed by atoms with Crippen molar-refractivity contribution in [1.82, 2.24) is 10.3 Å². The van der Waals surface area contributed by atoms with Crippen LogP contribution in [0, 0.1) is 6.42 Å². The largest absolute Gasteiger partial charge is 0.352 e. The molecule has 0 unspecified atom stereocenters. The molecule has 19 heavy (non-hydrogen) atoms. The number of aryl methyl sites for hydroxylation is 1. The maximum Gasteiger partial charge on any atom is 0.224 e. The Bertz CT molecular complexity index is 497. The Morgan fingerprint density at radius 2 is 1.89 bits per heavy atom. The first-order valence-corrected chi connectivity index (χ1v) is 6.38. The summed E-state index contributed by atoms with van der Waals surface area (Å²) >= 11 is 0. The van der Waals surface area contributed by atoms with Gasteiger partial charge in [-0.05, 0) is 30.0 Å². The molecule has 0 saturated carbocycles. The van der Waals surface area contributed by atoms with Crippen molar-refractivity contribution in [3.8, 4) is 0 Å². The van der Waals surface area contributed by atoms with Gasteiger partial charge in [-0.15, -0.1) is 0 Å². The van der Waals surface area contributed by atoms with Crippen LogP contribution in [-0.4, -0.2) is 10.9 Å². The highest BCUT2D eigenvalue weighted by molar-refractivity contribution is 5.84. The number of rotatable bonds is 6. The van der Waals surface area contributed by atoms with E-state index in [4.69, 9.17) is 0 Å². The molecule has 0 bridgehead atoms. The van der Waals surface area contributed by atoms with E-state index in [-0.39, 0.29) is 5.91 Å². The highest BCUT2D eigenvalue weighted by atomic mass is 16.1. The van der Waals surface area contributed by atoms with Gasteiger partial charge in [0.15, 0.2) is 0 Å². The third kappa shape index (κ3) is 4.92. The van der Waals surface area contributed by atoms with Crippen LogP contribution in [0.4, 0.5) is 0 Å². The van der Waals surface area contributed by atoms with Gasteiger partial charge in [0.25, 0.3) is 0 Å². The van der Waals surface area contributed by atoms with Gasteiger partial charge >= 0.3 is 0 Å². The number of hydrogen-bond donors (Lipinski definition) is 1. The van der Waals surface area contributed by atoms with E-state index < -0.39 is 0 Å². The molecule has 1 aromatic heterocycles. The average Bonchev–Trinajstić information content (AvgIpc) is 2.47. The Balaban J connectivity index is 1.65. The summed E-state index contributed by atoms with van der Waals surface area (Å²) in [5.74, 6) is -0.0280. The molecule has 0 atom stereocenters. The highest BCUT2D eigenvalue weighted by Crippen LogP contribution is 2.04. The van der Waals surface area contributed by atoms with Crippen LogP contribution in [0.15, 0.2) is 54.9 Å². The summed E-state index contributed by atoms with van der Waals surface area (Å²) in [4.78, 5) is 15.6. The molecule has 0 saturated heterocycles. The fourth-order valence-corrected chi connectivity index (χ4v) is 1.78. The molecule has 2 aromatic rings. The lowest BCUT2D eigenvalue weighted by Crippen LogP contribution is -2.23. The maximum absolute atomic E-state index is 11.6. The quantitative estimate of drug-likeness (QED) is 0.859. The summed E-state index contributed by atoms with van der Waals surface area (Å²) in [5, 5.41) is 2.85. The number of pyridine rings is 1. The number of nitrogens with one attached hydrogen (secondary N) is 1. The molecule has 1 N–H and O–H groups in total. The zero-order chi connectivity index (χ0) is 13.3. The van der Waals surface area contributed by atoms with Crippen LogP contribution in [0.1, 0.15) is 17.5 Å². The highest BCUT2D eigenvalue weighted by Gasteiger charge is 2.02. The molecule has 0 spiro atoms. The first-order valence-electron chi connectivity index (χ1n) is 6.38. The molecule has 3 heteroatoms. The Kier molecular flexibility index (Phi) is 5.11. The fourth-order valence-electron chi connectivity index (χ4n) is 1.78. The number of nitrogens with zero attached hydrogens (tertiary/aromatic N) is 1. The maximum atomic E-state index is 11.6. The molecule has 1 radical (unpaired) electrons. The molecule has 3 nitrogen and oxygen atoms in total. The SMILES string of the molecule is O=C([CH]CCc1ccccc1)NCc1cccnc1. The van der Waals surface area contributed by atoms with Crippen LogP contribution in [0.25, 0.3) is 0 Å². The van der Waals surface area contributed by atoms with Crippen LogP contribution in [-0.2, 0) is 17.8 Å². The zero-order valence-corrected chi connectivity index (χ0v) is 10.8. The molecule has 2 rings (SSSR count). The van der Waals surface area contributed by atoms with Crippen LogP contribution in [0.5, 0.6) is 0 Å². The van der Waals surface area contributed by atoms with Gasteiger partial charge in [-0.3, -0.25) is 9.78 Å². The van der Waals surface area contributed by atoms with Crippen molar-refractivity contribution in [3.63, 3.8) is 0 Å². The van der Waals surface area contributed by atoms with Crippen LogP contribution < -0.4 is 5.32 Å². The lowest BCUT2D eigenvalue weighted by Gasteiger charge is -2.04. The molecule has 0 aliphatic carbocycles. The van der Waals surface area contributed by atoms with Gasteiger partial charge in [-0.1, -0.05) is 36.4 Å². The van der Waals surface area contributed by atoms with Crippen LogP contribution in [0.3, 0.4) is 0 Å². The molecular formula is C16H17N2O. The smallest absolute Gasteiger partial charge is 0.224 e. The molecule has 0 aliphatic rings. The standard InChI is InChI=1S/C16H17N2O/c19-16(18-13-15-9-5-11-17-12-15)10-4-8-14-6-2-1-3-7-14/h1-3,5-7,9-12H,4,8,13H2,(H,18,19). The van der Waals surface area contributed by atoms with Crippen molar-refractivity contribution >= 4 is 5.91 Å². The predicted molar refractivity (Wildman–Crippen MR) is 75.1 cm³/mol.